The largest absolute Gasteiger partial charge is 0.443 e. The number of hydrogen-bond donors (Lipinski definition) is 0. The zero-order chi connectivity index (χ0) is 14.4. The van der Waals surface area contributed by atoms with E-state index in [0.29, 0.717) is 31.8 Å². The molecule has 0 aromatic carbocycles. The highest BCUT2D eigenvalue weighted by molar-refractivity contribution is 5.68. The molecule has 3 unspecified atom stereocenters. The maximum absolute atomic E-state index is 12.6. The van der Waals surface area contributed by atoms with Crippen LogP contribution in [0, 0.1) is 29.1 Å². The van der Waals surface area contributed by atoms with Crippen LogP contribution in [0.4, 0.5) is 9.18 Å². The molecular weight excluding hydrogens is 247 g/mol. The average molecular weight is 270 g/mol. The van der Waals surface area contributed by atoms with Gasteiger partial charge in [-0.15, -0.1) is 0 Å². The van der Waals surface area contributed by atoms with Crippen molar-refractivity contribution in [3.8, 4) is 6.07 Å². The van der Waals surface area contributed by atoms with Crippen LogP contribution in [0.3, 0.4) is 0 Å². The number of piperidine rings is 1. The highest BCUT2D eigenvalue weighted by Crippen LogP contribution is 2.29. The van der Waals surface area contributed by atoms with E-state index < -0.39 is 18.9 Å². The minimum absolute atomic E-state index is 0.00722. The van der Waals surface area contributed by atoms with Gasteiger partial charge in [-0.2, -0.15) is 5.26 Å². The van der Waals surface area contributed by atoms with Gasteiger partial charge in [-0.1, -0.05) is 20.8 Å². The second-order valence-electron chi connectivity index (χ2n) is 5.45. The van der Waals surface area contributed by atoms with Crippen LogP contribution in [-0.4, -0.2) is 36.9 Å². The molecule has 0 bridgehead atoms. The van der Waals surface area contributed by atoms with Gasteiger partial charge in [-0.3, -0.25) is 0 Å². The van der Waals surface area contributed by atoms with E-state index in [-0.39, 0.29) is 11.8 Å². The standard InChI is InChI=1S/C14H23FN2O2/c1-4-12(7-15)19-14(18)17-6-5-11(8-16)13(9-17)10(2)3/h10-13H,4-7,9H2,1-3H3. The van der Waals surface area contributed by atoms with E-state index in [9.17, 15) is 9.18 Å². The highest BCUT2D eigenvalue weighted by atomic mass is 19.1. The molecule has 0 spiro atoms. The van der Waals surface area contributed by atoms with Crippen molar-refractivity contribution in [2.24, 2.45) is 17.8 Å². The zero-order valence-electron chi connectivity index (χ0n) is 11.9. The van der Waals surface area contributed by atoms with Crippen molar-refractivity contribution in [1.29, 1.82) is 5.26 Å². The Balaban J connectivity index is 2.61. The molecule has 1 fully saturated rings. The van der Waals surface area contributed by atoms with Crippen LogP contribution < -0.4 is 0 Å². The van der Waals surface area contributed by atoms with Gasteiger partial charge in [0.1, 0.15) is 12.8 Å². The van der Waals surface area contributed by atoms with Crippen LogP contribution >= 0.6 is 0 Å². The van der Waals surface area contributed by atoms with E-state index in [2.05, 4.69) is 19.9 Å². The molecule has 4 nitrogen and oxygen atoms in total. The van der Waals surface area contributed by atoms with Gasteiger partial charge in [-0.05, 0) is 24.7 Å². The first-order chi connectivity index (χ1) is 9.03. The van der Waals surface area contributed by atoms with Crippen LogP contribution in [0.2, 0.25) is 0 Å². The van der Waals surface area contributed by atoms with Gasteiger partial charge in [0.15, 0.2) is 0 Å². The monoisotopic (exact) mass is 270 g/mol. The molecule has 1 aliphatic heterocycles. The second kappa shape index (κ2) is 7.32. The normalized spacial score (nSPS) is 24.9. The van der Waals surface area contributed by atoms with E-state index >= 15 is 0 Å². The third-order valence-corrected chi connectivity index (χ3v) is 3.83. The summed E-state index contributed by atoms with van der Waals surface area (Å²) in [7, 11) is 0. The third-order valence-electron chi connectivity index (χ3n) is 3.83. The van der Waals surface area contributed by atoms with Crippen molar-refractivity contribution in [3.05, 3.63) is 0 Å². The van der Waals surface area contributed by atoms with Crippen LogP contribution in [-0.2, 0) is 4.74 Å². The molecule has 0 radical (unpaired) electrons. The molecule has 5 heteroatoms. The molecule has 1 aliphatic rings. The van der Waals surface area contributed by atoms with Crippen LogP contribution in [0.25, 0.3) is 0 Å². The SMILES string of the molecule is CCC(CF)OC(=O)N1CCC(C#N)C(C(C)C)C1. The first kappa shape index (κ1) is 15.7. The summed E-state index contributed by atoms with van der Waals surface area (Å²) < 4.78 is 17.7. The number of ether oxygens (including phenoxy) is 1. The Labute approximate surface area is 114 Å². The van der Waals surface area contributed by atoms with Crippen molar-refractivity contribution in [3.63, 3.8) is 0 Å². The van der Waals surface area contributed by atoms with Crippen molar-refractivity contribution in [2.75, 3.05) is 19.8 Å². The Kier molecular flexibility index (Phi) is 6.07. The average Bonchev–Trinajstić information content (AvgIpc) is 2.43. The minimum atomic E-state index is -0.654. The molecule has 1 heterocycles. The van der Waals surface area contributed by atoms with Crippen LogP contribution in [0.5, 0.6) is 0 Å². The number of rotatable bonds is 4. The van der Waals surface area contributed by atoms with E-state index in [1.165, 1.54) is 0 Å². The van der Waals surface area contributed by atoms with Crippen LogP contribution in [0.15, 0.2) is 0 Å². The quantitative estimate of drug-likeness (QED) is 0.789. The Morgan fingerprint density at radius 1 is 1.58 bits per heavy atom. The summed E-state index contributed by atoms with van der Waals surface area (Å²) in [6.07, 6.45) is 0.0380. The van der Waals surface area contributed by atoms with Gasteiger partial charge in [0.2, 0.25) is 0 Å². The molecule has 108 valence electrons. The van der Waals surface area contributed by atoms with Gasteiger partial charge in [0.25, 0.3) is 0 Å². The first-order valence-corrected chi connectivity index (χ1v) is 6.94. The van der Waals surface area contributed by atoms with Gasteiger partial charge >= 0.3 is 6.09 Å². The predicted molar refractivity (Wildman–Crippen MR) is 70.2 cm³/mol. The number of nitrogens with zero attached hydrogens (tertiary/aromatic N) is 2. The topological polar surface area (TPSA) is 53.3 Å². The molecule has 0 saturated carbocycles. The maximum Gasteiger partial charge on any atom is 0.410 e. The summed E-state index contributed by atoms with van der Waals surface area (Å²) in [6.45, 7) is 6.29. The summed E-state index contributed by atoms with van der Waals surface area (Å²) in [4.78, 5) is 13.6. The van der Waals surface area contributed by atoms with Gasteiger partial charge < -0.3 is 9.64 Å². The molecule has 1 rings (SSSR count). The number of amides is 1. The van der Waals surface area contributed by atoms with Crippen molar-refractivity contribution >= 4 is 6.09 Å². The third kappa shape index (κ3) is 4.09. The molecular formula is C14H23FN2O2. The summed E-state index contributed by atoms with van der Waals surface area (Å²) in [5.41, 5.74) is 0. The van der Waals surface area contributed by atoms with Crippen molar-refractivity contribution < 1.29 is 13.9 Å². The summed E-state index contributed by atoms with van der Waals surface area (Å²) in [5, 5.41) is 9.12. The minimum Gasteiger partial charge on any atom is -0.443 e. The van der Waals surface area contributed by atoms with E-state index in [1.807, 2.05) is 0 Å². The Morgan fingerprint density at radius 2 is 2.26 bits per heavy atom. The molecule has 1 saturated heterocycles. The Hall–Kier alpha value is -1.31. The maximum atomic E-state index is 12.6. The van der Waals surface area contributed by atoms with Gasteiger partial charge in [0, 0.05) is 13.1 Å². The lowest BCUT2D eigenvalue weighted by atomic mass is 9.79. The lowest BCUT2D eigenvalue weighted by Crippen LogP contribution is -2.46. The number of alkyl halides is 1. The van der Waals surface area contributed by atoms with E-state index in [1.54, 1.807) is 11.8 Å². The van der Waals surface area contributed by atoms with Crippen molar-refractivity contribution in [1.82, 2.24) is 4.90 Å². The summed E-state index contributed by atoms with van der Waals surface area (Å²) >= 11 is 0. The van der Waals surface area contributed by atoms with E-state index in [4.69, 9.17) is 10.00 Å². The van der Waals surface area contributed by atoms with Gasteiger partial charge in [0.05, 0.1) is 12.0 Å². The fourth-order valence-corrected chi connectivity index (χ4v) is 2.42. The molecule has 0 aliphatic carbocycles. The molecule has 1 amide bonds. The Bertz CT molecular complexity index is 337. The number of likely N-dealkylation sites (tertiary alicyclic amines) is 1. The smallest absolute Gasteiger partial charge is 0.410 e. The highest BCUT2D eigenvalue weighted by Gasteiger charge is 2.34. The lowest BCUT2D eigenvalue weighted by Gasteiger charge is -2.37. The fraction of sp³-hybridized carbons (Fsp3) is 0.857. The number of carbonyl (C=O) groups is 1. The predicted octanol–water partition coefficient (Wildman–Crippen LogP) is 2.99. The Morgan fingerprint density at radius 3 is 2.74 bits per heavy atom. The number of nitriles is 1. The van der Waals surface area contributed by atoms with Gasteiger partial charge in [-0.25, -0.2) is 9.18 Å². The number of carbonyl (C=O) groups excluding carboxylic acids is 1. The number of hydrogen-bond acceptors (Lipinski definition) is 3. The second-order valence-corrected chi connectivity index (χ2v) is 5.45. The fourth-order valence-electron chi connectivity index (χ4n) is 2.42. The molecule has 3 atom stereocenters. The first-order valence-electron chi connectivity index (χ1n) is 6.94. The summed E-state index contributed by atoms with van der Waals surface area (Å²) in [5.74, 6) is 0.493. The molecule has 0 aromatic heterocycles. The van der Waals surface area contributed by atoms with E-state index in [0.717, 1.165) is 0 Å². The molecule has 19 heavy (non-hydrogen) atoms. The summed E-state index contributed by atoms with van der Waals surface area (Å²) in [6, 6.07) is 2.32. The number of halogens is 1. The van der Waals surface area contributed by atoms with Crippen LogP contribution in [0.1, 0.15) is 33.6 Å². The molecule has 0 N–H and O–H groups in total. The van der Waals surface area contributed by atoms with Crippen molar-refractivity contribution in [2.45, 2.75) is 39.7 Å². The lowest BCUT2D eigenvalue weighted by molar-refractivity contribution is 0.0299. The zero-order valence-corrected chi connectivity index (χ0v) is 11.9. The molecule has 0 aromatic rings.